The Hall–Kier alpha value is -2.79. The average molecular weight is 529 g/mol. The van der Waals surface area contributed by atoms with E-state index < -0.39 is 21.7 Å². The molecule has 1 aromatic heterocycles. The number of hydrogen-bond acceptors (Lipinski definition) is 5. The van der Waals surface area contributed by atoms with Crippen molar-refractivity contribution in [3.8, 4) is 11.5 Å². The predicted molar refractivity (Wildman–Crippen MR) is 129 cm³/mol. The Labute approximate surface area is 206 Å². The first-order valence-corrected chi connectivity index (χ1v) is 12.4. The van der Waals surface area contributed by atoms with Crippen molar-refractivity contribution < 1.29 is 22.3 Å². The van der Waals surface area contributed by atoms with Crippen LogP contribution < -0.4 is 15.8 Å². The summed E-state index contributed by atoms with van der Waals surface area (Å²) < 4.78 is 47.1. The van der Waals surface area contributed by atoms with Crippen LogP contribution in [0.5, 0.6) is 11.5 Å². The second kappa shape index (κ2) is 10.6. The second-order valence-corrected chi connectivity index (χ2v) is 9.97. The molecule has 0 bridgehead atoms. The van der Waals surface area contributed by atoms with E-state index >= 15 is 4.39 Å². The lowest BCUT2D eigenvalue weighted by atomic mass is 10.2. The molecule has 1 heterocycles. The molecule has 0 aliphatic carbocycles. The number of nitrogen functional groups attached to an aromatic ring is 1. The van der Waals surface area contributed by atoms with E-state index in [0.717, 1.165) is 0 Å². The monoisotopic (exact) mass is 528 g/mol. The number of carbonyl (C=O) groups is 1. The van der Waals surface area contributed by atoms with Crippen LogP contribution >= 0.6 is 23.2 Å². The molecular weight excluding hydrogens is 506 g/mol. The van der Waals surface area contributed by atoms with E-state index in [2.05, 4.69) is 10.3 Å². The summed E-state index contributed by atoms with van der Waals surface area (Å²) in [6.07, 6.45) is 1.24. The number of rotatable bonds is 9. The number of sulfonamides is 1. The molecule has 8 nitrogen and oxygen atoms in total. The summed E-state index contributed by atoms with van der Waals surface area (Å²) in [5.74, 6) is -1.44. The topological polar surface area (TPSA) is 118 Å². The largest absolute Gasteiger partial charge is 0.453 e. The standard InChI is InChI=1S/C22H23Cl2FN4O4S/c1-3-29(4-2)34(31,32)17-10-19(27-12-17)22(30)28-11-13-5-6-18(24)21(20(13)25)33-16-8-14(23)7-15(26)9-16/h5-10,12,27H,3-4,11,26H2,1-2H3,(H,28,30). The van der Waals surface area contributed by atoms with Gasteiger partial charge in [0, 0.05) is 48.2 Å². The number of nitrogens with zero attached hydrogens (tertiary/aromatic N) is 1. The van der Waals surface area contributed by atoms with Crippen LogP contribution in [0.1, 0.15) is 29.9 Å². The van der Waals surface area contributed by atoms with Crippen LogP contribution in [-0.2, 0) is 16.6 Å². The number of halogens is 3. The highest BCUT2D eigenvalue weighted by Crippen LogP contribution is 2.35. The van der Waals surface area contributed by atoms with E-state index in [1.165, 1.54) is 46.9 Å². The highest BCUT2D eigenvalue weighted by molar-refractivity contribution is 7.89. The lowest BCUT2D eigenvalue weighted by molar-refractivity contribution is 0.0946. The van der Waals surface area contributed by atoms with Gasteiger partial charge in [0.15, 0.2) is 11.6 Å². The summed E-state index contributed by atoms with van der Waals surface area (Å²) in [5, 5.41) is 2.87. The number of aromatic nitrogens is 1. The number of benzene rings is 2. The lowest BCUT2D eigenvalue weighted by Gasteiger charge is -2.16. The van der Waals surface area contributed by atoms with Gasteiger partial charge >= 0.3 is 0 Å². The van der Waals surface area contributed by atoms with Gasteiger partial charge in [0.25, 0.3) is 5.91 Å². The summed E-state index contributed by atoms with van der Waals surface area (Å²) in [7, 11) is -3.72. The van der Waals surface area contributed by atoms with Gasteiger partial charge < -0.3 is 20.8 Å². The van der Waals surface area contributed by atoms with Gasteiger partial charge in [-0.1, -0.05) is 43.1 Å². The smallest absolute Gasteiger partial charge is 0.268 e. The highest BCUT2D eigenvalue weighted by Gasteiger charge is 2.24. The molecule has 0 saturated carbocycles. The Kier molecular flexibility index (Phi) is 8.09. The highest BCUT2D eigenvalue weighted by atomic mass is 35.5. The fraction of sp³-hybridized carbons (Fsp3) is 0.227. The molecule has 0 saturated heterocycles. The van der Waals surface area contributed by atoms with Crippen molar-refractivity contribution in [3.63, 3.8) is 0 Å². The summed E-state index contributed by atoms with van der Waals surface area (Å²) in [6, 6.07) is 8.50. The number of nitrogens with two attached hydrogens (primary N) is 1. The van der Waals surface area contributed by atoms with E-state index in [9.17, 15) is 13.2 Å². The molecule has 0 aliphatic heterocycles. The van der Waals surface area contributed by atoms with Crippen molar-refractivity contribution in [2.75, 3.05) is 18.8 Å². The van der Waals surface area contributed by atoms with E-state index in [-0.39, 0.29) is 39.2 Å². The quantitative estimate of drug-likeness (QED) is 0.345. The van der Waals surface area contributed by atoms with Gasteiger partial charge in [-0.25, -0.2) is 12.8 Å². The molecule has 12 heteroatoms. The Morgan fingerprint density at radius 1 is 1.18 bits per heavy atom. The van der Waals surface area contributed by atoms with E-state index in [0.29, 0.717) is 23.8 Å². The minimum atomic E-state index is -3.72. The van der Waals surface area contributed by atoms with Crippen LogP contribution in [0, 0.1) is 5.82 Å². The Bertz CT molecular complexity index is 1290. The first-order chi connectivity index (χ1) is 16.1. The molecule has 34 heavy (non-hydrogen) atoms. The van der Waals surface area contributed by atoms with Gasteiger partial charge in [-0.15, -0.1) is 0 Å². The number of ether oxygens (including phenoxy) is 1. The average Bonchev–Trinajstić information content (AvgIpc) is 3.27. The van der Waals surface area contributed by atoms with Gasteiger partial charge in [0.05, 0.1) is 5.02 Å². The van der Waals surface area contributed by atoms with Gasteiger partial charge in [0.2, 0.25) is 10.0 Å². The molecule has 3 rings (SSSR count). The van der Waals surface area contributed by atoms with Gasteiger partial charge in [-0.3, -0.25) is 4.79 Å². The maximum absolute atomic E-state index is 15.1. The zero-order chi connectivity index (χ0) is 25.0. The molecule has 2 aromatic carbocycles. The maximum atomic E-state index is 15.1. The Balaban J connectivity index is 1.75. The van der Waals surface area contributed by atoms with Crippen molar-refractivity contribution in [1.82, 2.24) is 14.6 Å². The normalized spacial score (nSPS) is 11.6. The zero-order valence-electron chi connectivity index (χ0n) is 18.4. The van der Waals surface area contributed by atoms with E-state index in [1.807, 2.05) is 0 Å². The zero-order valence-corrected chi connectivity index (χ0v) is 20.7. The van der Waals surface area contributed by atoms with Gasteiger partial charge in [-0.2, -0.15) is 4.31 Å². The third-order valence-corrected chi connectivity index (χ3v) is 7.47. The minimum absolute atomic E-state index is 0.0155. The van der Waals surface area contributed by atoms with Gasteiger partial charge in [-0.05, 0) is 24.3 Å². The number of H-pyrrole nitrogens is 1. The molecule has 0 unspecified atom stereocenters. The van der Waals surface area contributed by atoms with Crippen LogP contribution in [0.25, 0.3) is 0 Å². The fourth-order valence-electron chi connectivity index (χ4n) is 3.20. The SMILES string of the molecule is CCN(CC)S(=O)(=O)c1c[nH]c(C(=O)NCc2ccc(Cl)c(Oc3cc(N)cc(Cl)c3)c2F)c1. The molecule has 182 valence electrons. The van der Waals surface area contributed by atoms with Crippen molar-refractivity contribution in [3.05, 3.63) is 69.7 Å². The van der Waals surface area contributed by atoms with Crippen molar-refractivity contribution in [2.24, 2.45) is 0 Å². The van der Waals surface area contributed by atoms with Crippen molar-refractivity contribution >= 4 is 44.8 Å². The third kappa shape index (κ3) is 5.64. The van der Waals surface area contributed by atoms with Crippen molar-refractivity contribution in [1.29, 1.82) is 0 Å². The molecule has 1 amide bonds. The molecule has 3 aromatic rings. The molecule has 4 N–H and O–H groups in total. The van der Waals surface area contributed by atoms with Crippen molar-refractivity contribution in [2.45, 2.75) is 25.3 Å². The minimum Gasteiger partial charge on any atom is -0.453 e. The van der Waals surface area contributed by atoms with E-state index in [4.69, 9.17) is 33.7 Å². The Morgan fingerprint density at radius 2 is 1.88 bits per heavy atom. The second-order valence-electron chi connectivity index (χ2n) is 7.19. The van der Waals surface area contributed by atoms with Crippen LogP contribution in [0.15, 0.2) is 47.5 Å². The maximum Gasteiger partial charge on any atom is 0.268 e. The summed E-state index contributed by atoms with van der Waals surface area (Å²) in [4.78, 5) is 15.2. The van der Waals surface area contributed by atoms with Crippen LogP contribution in [0.3, 0.4) is 0 Å². The predicted octanol–water partition coefficient (Wildman–Crippen LogP) is 4.80. The Morgan fingerprint density at radius 3 is 2.53 bits per heavy atom. The summed E-state index contributed by atoms with van der Waals surface area (Å²) in [6.45, 7) is 3.84. The van der Waals surface area contributed by atoms with Crippen LogP contribution in [0.2, 0.25) is 10.0 Å². The van der Waals surface area contributed by atoms with E-state index in [1.54, 1.807) is 13.8 Å². The fourth-order valence-corrected chi connectivity index (χ4v) is 5.07. The van der Waals surface area contributed by atoms with Crippen LogP contribution in [-0.4, -0.2) is 36.7 Å². The first-order valence-electron chi connectivity index (χ1n) is 10.2. The number of hydrogen-bond donors (Lipinski definition) is 3. The summed E-state index contributed by atoms with van der Waals surface area (Å²) >= 11 is 12.1. The van der Waals surface area contributed by atoms with Gasteiger partial charge in [0.1, 0.15) is 16.3 Å². The third-order valence-electron chi connectivity index (χ3n) is 4.93. The first kappa shape index (κ1) is 25.8. The summed E-state index contributed by atoms with van der Waals surface area (Å²) in [5.41, 5.74) is 6.19. The lowest BCUT2D eigenvalue weighted by Crippen LogP contribution is -2.30. The molecule has 0 fully saturated rings. The number of amides is 1. The molecule has 0 aliphatic rings. The number of carbonyl (C=O) groups excluding carboxylic acids is 1. The number of nitrogens with one attached hydrogen (secondary N) is 2. The number of aromatic amines is 1. The number of anilines is 1. The molecule has 0 radical (unpaired) electrons. The van der Waals surface area contributed by atoms with Crippen LogP contribution in [0.4, 0.5) is 10.1 Å². The molecule has 0 atom stereocenters. The molecule has 0 spiro atoms. The molecular formula is C22H23Cl2FN4O4S.